The molecule has 41 heavy (non-hydrogen) atoms. The second-order valence-electron chi connectivity index (χ2n) is 11.3. The molecule has 3 fully saturated rings. The zero-order valence-electron chi connectivity index (χ0n) is 23.1. The van der Waals surface area contributed by atoms with E-state index in [4.69, 9.17) is 41.9 Å². The lowest BCUT2D eigenvalue weighted by atomic mass is 9.83. The Balaban J connectivity index is 1.86. The van der Waals surface area contributed by atoms with Crippen molar-refractivity contribution >= 4 is 5.91 Å². The van der Waals surface area contributed by atoms with Crippen molar-refractivity contribution in [2.24, 2.45) is 28.9 Å². The number of nitrogens with one attached hydrogen (secondary N) is 1. The smallest absolute Gasteiger partial charge is 0.249 e. The van der Waals surface area contributed by atoms with Gasteiger partial charge in [-0.05, 0) is 32.2 Å². The molecule has 0 radical (unpaired) electrons. The molecule has 2 heterocycles. The van der Waals surface area contributed by atoms with Crippen molar-refractivity contribution in [1.29, 1.82) is 0 Å². The summed E-state index contributed by atoms with van der Waals surface area (Å²) in [6.45, 7) is 2.81. The summed E-state index contributed by atoms with van der Waals surface area (Å²) in [5, 5.41) is 75.3. The van der Waals surface area contributed by atoms with E-state index in [1.165, 1.54) is 0 Å². The Bertz CT molecular complexity index is 845. The quantitative estimate of drug-likeness (QED) is 0.105. The zero-order valence-corrected chi connectivity index (χ0v) is 23.1. The summed E-state index contributed by atoms with van der Waals surface area (Å²) in [5.74, 6) is -1.20. The third-order valence-electron chi connectivity index (χ3n) is 8.21. The highest BCUT2D eigenvalue weighted by Crippen LogP contribution is 2.34. The van der Waals surface area contributed by atoms with Gasteiger partial charge in [-0.2, -0.15) is 0 Å². The Morgan fingerprint density at radius 3 is 2.17 bits per heavy atom. The molecule has 3 aliphatic rings. The first-order valence-corrected chi connectivity index (χ1v) is 13.8. The number of carbonyl (C=O) groups is 1. The van der Waals surface area contributed by atoms with E-state index in [0.717, 1.165) is 0 Å². The molecule has 0 spiro atoms. The highest BCUT2D eigenvalue weighted by atomic mass is 16.7. The molecule has 0 aromatic carbocycles. The monoisotopic (exact) mass is 597 g/mol. The molecule has 1 aliphatic carbocycles. The summed E-state index contributed by atoms with van der Waals surface area (Å²) in [7, 11) is 0. The van der Waals surface area contributed by atoms with E-state index in [9.17, 15) is 40.5 Å². The first kappa shape index (κ1) is 34.4. The third kappa shape index (κ3) is 7.51. The Morgan fingerprint density at radius 1 is 0.951 bits per heavy atom. The van der Waals surface area contributed by atoms with Gasteiger partial charge in [0.05, 0.1) is 24.8 Å². The molecule has 0 aromatic rings. The summed E-state index contributed by atoms with van der Waals surface area (Å²) < 4.78 is 23.3. The third-order valence-corrected chi connectivity index (χ3v) is 8.21. The SMILES string of the molecule is CC([C@H]1O[C@@H](OC2[C@H](O[C@H]3OC(CO)[C@@H](O)C(O)C3N)C(N)C[C@@H](NC(=O)[C@@H](O)CCN)[C@H]2O)[C@@H](O)C1O)[C@@H](C)N. The van der Waals surface area contributed by atoms with Gasteiger partial charge in [0.15, 0.2) is 12.6 Å². The highest BCUT2D eigenvalue weighted by Gasteiger charge is 2.53. The lowest BCUT2D eigenvalue weighted by Gasteiger charge is -2.47. The fourth-order valence-corrected chi connectivity index (χ4v) is 5.34. The van der Waals surface area contributed by atoms with Crippen molar-refractivity contribution in [1.82, 2.24) is 5.32 Å². The summed E-state index contributed by atoms with van der Waals surface area (Å²) >= 11 is 0. The molecule has 16 N–H and O–H groups in total. The minimum Gasteiger partial charge on any atom is -0.394 e. The van der Waals surface area contributed by atoms with Gasteiger partial charge in [-0.3, -0.25) is 4.79 Å². The van der Waals surface area contributed by atoms with Crippen LogP contribution in [0.25, 0.3) is 0 Å². The molecule has 17 heteroatoms. The van der Waals surface area contributed by atoms with Gasteiger partial charge in [0.1, 0.15) is 54.9 Å². The highest BCUT2D eigenvalue weighted by molar-refractivity contribution is 5.80. The molecule has 3 rings (SSSR count). The predicted molar refractivity (Wildman–Crippen MR) is 139 cm³/mol. The Labute approximate surface area is 237 Å². The second-order valence-corrected chi connectivity index (χ2v) is 11.3. The van der Waals surface area contributed by atoms with E-state index in [2.05, 4.69) is 5.32 Å². The number of amides is 1. The Hall–Kier alpha value is -1.13. The van der Waals surface area contributed by atoms with Crippen LogP contribution in [0.1, 0.15) is 26.7 Å². The van der Waals surface area contributed by atoms with Crippen molar-refractivity contribution in [3.63, 3.8) is 0 Å². The van der Waals surface area contributed by atoms with Crippen LogP contribution < -0.4 is 28.3 Å². The number of rotatable bonds is 11. The van der Waals surface area contributed by atoms with E-state index >= 15 is 0 Å². The van der Waals surface area contributed by atoms with E-state index in [-0.39, 0.29) is 19.4 Å². The molecule has 7 unspecified atom stereocenters. The molecule has 1 amide bonds. The molecule has 17 atom stereocenters. The van der Waals surface area contributed by atoms with Gasteiger partial charge in [-0.1, -0.05) is 6.92 Å². The molecule has 17 nitrogen and oxygen atoms in total. The maximum atomic E-state index is 12.5. The van der Waals surface area contributed by atoms with Crippen LogP contribution >= 0.6 is 0 Å². The number of aliphatic hydroxyl groups is 7. The van der Waals surface area contributed by atoms with E-state index in [1.54, 1.807) is 13.8 Å². The second kappa shape index (κ2) is 14.6. The fraction of sp³-hybridized carbons (Fsp3) is 0.958. The van der Waals surface area contributed by atoms with Crippen LogP contribution in [0, 0.1) is 5.92 Å². The van der Waals surface area contributed by atoms with Crippen LogP contribution in [0.2, 0.25) is 0 Å². The largest absolute Gasteiger partial charge is 0.394 e. The molecule has 240 valence electrons. The molecular weight excluding hydrogens is 550 g/mol. The maximum Gasteiger partial charge on any atom is 0.249 e. The van der Waals surface area contributed by atoms with Crippen molar-refractivity contribution in [2.75, 3.05) is 13.2 Å². The molecule has 2 saturated heterocycles. The van der Waals surface area contributed by atoms with Gasteiger partial charge in [-0.25, -0.2) is 0 Å². The number of carbonyl (C=O) groups excluding carboxylic acids is 1. The number of ether oxygens (including phenoxy) is 4. The summed E-state index contributed by atoms with van der Waals surface area (Å²) in [6.07, 6.45) is -16.9. The summed E-state index contributed by atoms with van der Waals surface area (Å²) in [4.78, 5) is 12.5. The Kier molecular flexibility index (Phi) is 12.2. The molecule has 2 aliphatic heterocycles. The van der Waals surface area contributed by atoms with Crippen LogP contribution in [0.15, 0.2) is 0 Å². The molecular formula is C24H47N5O12. The Morgan fingerprint density at radius 2 is 1.59 bits per heavy atom. The summed E-state index contributed by atoms with van der Waals surface area (Å²) in [5.41, 5.74) is 23.8. The van der Waals surface area contributed by atoms with Crippen LogP contribution in [-0.2, 0) is 23.7 Å². The van der Waals surface area contributed by atoms with E-state index in [0.29, 0.717) is 0 Å². The van der Waals surface area contributed by atoms with Crippen molar-refractivity contribution in [3.8, 4) is 0 Å². The van der Waals surface area contributed by atoms with Gasteiger partial charge in [0.25, 0.3) is 0 Å². The average Bonchev–Trinajstić information content (AvgIpc) is 3.21. The van der Waals surface area contributed by atoms with Gasteiger partial charge in [0, 0.05) is 12.1 Å². The van der Waals surface area contributed by atoms with Gasteiger partial charge >= 0.3 is 0 Å². The van der Waals surface area contributed by atoms with Gasteiger partial charge in [-0.15, -0.1) is 0 Å². The first-order valence-electron chi connectivity index (χ1n) is 13.8. The number of hydrogen-bond acceptors (Lipinski definition) is 16. The fourth-order valence-electron chi connectivity index (χ4n) is 5.34. The maximum absolute atomic E-state index is 12.5. The van der Waals surface area contributed by atoms with E-state index < -0.39 is 116 Å². The summed E-state index contributed by atoms with van der Waals surface area (Å²) in [6, 6.07) is -3.75. The minimum absolute atomic E-state index is 0.0252. The van der Waals surface area contributed by atoms with Crippen molar-refractivity contribution in [2.45, 2.75) is 124 Å². The average molecular weight is 598 g/mol. The number of nitrogens with two attached hydrogens (primary N) is 4. The van der Waals surface area contributed by atoms with Crippen molar-refractivity contribution in [3.05, 3.63) is 0 Å². The minimum atomic E-state index is -1.56. The number of aliphatic hydroxyl groups excluding tert-OH is 7. The van der Waals surface area contributed by atoms with Crippen LogP contribution in [0.4, 0.5) is 0 Å². The normalized spacial score (nSPS) is 45.7. The molecule has 0 bridgehead atoms. The first-order chi connectivity index (χ1) is 19.2. The lowest BCUT2D eigenvalue weighted by molar-refractivity contribution is -0.311. The van der Waals surface area contributed by atoms with Crippen LogP contribution in [-0.4, -0.2) is 153 Å². The number of hydrogen-bond donors (Lipinski definition) is 12. The van der Waals surface area contributed by atoms with E-state index in [1.807, 2.05) is 0 Å². The van der Waals surface area contributed by atoms with Gasteiger partial charge < -0.3 is 82.9 Å². The zero-order chi connectivity index (χ0) is 30.8. The molecule has 0 aromatic heterocycles. The molecule has 1 saturated carbocycles. The standard InChI is InChI=1S/C24H47N5O12/c1-7(8(2)26)19-17(35)18(36)24(39-19)41-21-14(32)10(29-22(37)11(31)3-4-25)5-9(27)20(21)40-23-13(28)16(34)15(33)12(6-30)38-23/h7-21,23-24,30-36H,3-6,25-28H2,1-2H3,(H,29,37)/t7?,8-,9?,10-,11+,12?,13?,14-,15-,16?,17?,18+,19-,20-,21?,23-,24+/m1/s1. The van der Waals surface area contributed by atoms with Crippen molar-refractivity contribution < 1.29 is 59.5 Å². The van der Waals surface area contributed by atoms with Gasteiger partial charge in [0.2, 0.25) is 5.91 Å². The van der Waals surface area contributed by atoms with Crippen LogP contribution in [0.5, 0.6) is 0 Å². The topological polar surface area (TPSA) is 312 Å². The lowest BCUT2D eigenvalue weighted by Crippen LogP contribution is -2.69. The van der Waals surface area contributed by atoms with Crippen LogP contribution in [0.3, 0.4) is 0 Å². The predicted octanol–water partition coefficient (Wildman–Crippen LogP) is -6.76.